The van der Waals surface area contributed by atoms with E-state index in [1.165, 1.54) is 13.2 Å². The van der Waals surface area contributed by atoms with Gasteiger partial charge in [0, 0.05) is 23.6 Å². The number of amides is 1. The summed E-state index contributed by atoms with van der Waals surface area (Å²) in [6, 6.07) is 6.66. The minimum absolute atomic E-state index is 0.0996. The monoisotopic (exact) mass is 446 g/mol. The molecule has 0 radical (unpaired) electrons. The summed E-state index contributed by atoms with van der Waals surface area (Å²) in [7, 11) is 1.43. The number of carbonyl (C=O) groups excluding carboxylic acids is 2. The van der Waals surface area contributed by atoms with Crippen LogP contribution in [0.25, 0.3) is 10.9 Å². The fourth-order valence-electron chi connectivity index (χ4n) is 3.93. The second-order valence-electron chi connectivity index (χ2n) is 7.79. The van der Waals surface area contributed by atoms with Gasteiger partial charge in [0.1, 0.15) is 23.4 Å². The fraction of sp³-hybridized carbons (Fsp3) is 0.364. The highest BCUT2D eigenvalue weighted by Crippen LogP contribution is 2.35. The first kappa shape index (κ1) is 21.8. The smallest absolute Gasteiger partial charge is 0.433 e. The number of aromatic nitrogens is 3. The number of methoxy groups -OCH3 is 1. The maximum absolute atomic E-state index is 12.9. The minimum Gasteiger partial charge on any atom is -0.494 e. The van der Waals surface area contributed by atoms with Gasteiger partial charge in [0.15, 0.2) is 0 Å². The number of ether oxygens (including phenoxy) is 1. The number of fused-ring (bicyclic) bond motifs is 1. The Morgan fingerprint density at radius 2 is 1.97 bits per heavy atom. The summed E-state index contributed by atoms with van der Waals surface area (Å²) in [5, 5.41) is 7.94. The highest BCUT2D eigenvalue weighted by molar-refractivity contribution is 6.05. The van der Waals surface area contributed by atoms with Crippen molar-refractivity contribution in [2.24, 2.45) is 5.92 Å². The molecule has 2 aromatic heterocycles. The number of alkyl halides is 3. The predicted octanol–water partition coefficient (Wildman–Crippen LogP) is 4.64. The fourth-order valence-corrected chi connectivity index (χ4v) is 3.93. The second-order valence-corrected chi connectivity index (χ2v) is 7.79. The van der Waals surface area contributed by atoms with E-state index in [4.69, 9.17) is 4.74 Å². The van der Waals surface area contributed by atoms with Crippen LogP contribution in [0.3, 0.4) is 0 Å². The van der Waals surface area contributed by atoms with Gasteiger partial charge in [-0.05, 0) is 43.9 Å². The molecule has 0 aliphatic heterocycles. The molecule has 1 aromatic carbocycles. The normalized spacial score (nSPS) is 19.0. The van der Waals surface area contributed by atoms with Crippen LogP contribution in [0.4, 0.5) is 18.9 Å². The molecule has 168 valence electrons. The quantitative estimate of drug-likeness (QED) is 0.577. The van der Waals surface area contributed by atoms with Crippen molar-refractivity contribution in [1.82, 2.24) is 14.8 Å². The predicted molar refractivity (Wildman–Crippen MR) is 111 cm³/mol. The summed E-state index contributed by atoms with van der Waals surface area (Å²) >= 11 is 0. The molecule has 1 aliphatic rings. The first-order valence-corrected chi connectivity index (χ1v) is 10.2. The van der Waals surface area contributed by atoms with Crippen molar-refractivity contribution in [3.05, 3.63) is 47.9 Å². The molecule has 1 aliphatic carbocycles. The highest BCUT2D eigenvalue weighted by Gasteiger charge is 2.33. The Balaban J connectivity index is 1.59. The Hall–Kier alpha value is -3.43. The zero-order chi connectivity index (χ0) is 22.9. The molecule has 1 saturated carbocycles. The van der Waals surface area contributed by atoms with Crippen molar-refractivity contribution in [3.8, 4) is 5.75 Å². The van der Waals surface area contributed by atoms with Crippen LogP contribution in [0.5, 0.6) is 5.75 Å². The Morgan fingerprint density at radius 3 is 2.62 bits per heavy atom. The largest absolute Gasteiger partial charge is 0.494 e. The van der Waals surface area contributed by atoms with Gasteiger partial charge < -0.3 is 14.8 Å². The third-order valence-electron chi connectivity index (χ3n) is 5.67. The number of pyridine rings is 1. The second kappa shape index (κ2) is 8.60. The Bertz CT molecular complexity index is 1150. The van der Waals surface area contributed by atoms with E-state index >= 15 is 0 Å². The molecular formula is C22H21F3N4O3. The van der Waals surface area contributed by atoms with Gasteiger partial charge in [-0.15, -0.1) is 0 Å². The molecule has 3 aromatic rings. The van der Waals surface area contributed by atoms with E-state index in [2.05, 4.69) is 15.4 Å². The molecule has 0 unspecified atom stereocenters. The van der Waals surface area contributed by atoms with Crippen molar-refractivity contribution in [2.75, 3.05) is 12.4 Å². The zero-order valence-electron chi connectivity index (χ0n) is 17.2. The van der Waals surface area contributed by atoms with Gasteiger partial charge in [-0.25, -0.2) is 4.98 Å². The van der Waals surface area contributed by atoms with Crippen LogP contribution in [0.1, 0.15) is 47.9 Å². The summed E-state index contributed by atoms with van der Waals surface area (Å²) in [4.78, 5) is 27.0. The number of hydrogen-bond donors (Lipinski definition) is 1. The third-order valence-corrected chi connectivity index (χ3v) is 5.67. The molecule has 10 heteroatoms. The SMILES string of the molecule is COc1cc2nn(C3CCC(C=O)CC3)cc2cc1NC(=O)c1cccc(C(F)(F)F)n1. The lowest BCUT2D eigenvalue weighted by Crippen LogP contribution is -2.19. The third kappa shape index (κ3) is 4.44. The van der Waals surface area contributed by atoms with Crippen LogP contribution in [-0.2, 0) is 11.0 Å². The number of aldehydes is 1. The zero-order valence-corrected chi connectivity index (χ0v) is 17.2. The van der Waals surface area contributed by atoms with Crippen molar-refractivity contribution in [2.45, 2.75) is 37.9 Å². The molecule has 4 rings (SSSR count). The average Bonchev–Trinajstić information content (AvgIpc) is 3.21. The van der Waals surface area contributed by atoms with Crippen molar-refractivity contribution >= 4 is 28.8 Å². The lowest BCUT2D eigenvalue weighted by atomic mass is 9.87. The number of anilines is 1. The maximum Gasteiger partial charge on any atom is 0.433 e. The van der Waals surface area contributed by atoms with E-state index in [1.807, 2.05) is 10.9 Å². The van der Waals surface area contributed by atoms with E-state index in [-0.39, 0.29) is 17.7 Å². The molecule has 1 fully saturated rings. The maximum atomic E-state index is 12.9. The minimum atomic E-state index is -4.65. The number of halogens is 3. The van der Waals surface area contributed by atoms with E-state index in [0.717, 1.165) is 49.5 Å². The van der Waals surface area contributed by atoms with Crippen LogP contribution in [-0.4, -0.2) is 34.1 Å². The number of rotatable bonds is 5. The molecule has 1 N–H and O–H groups in total. The Kier molecular flexibility index (Phi) is 5.86. The molecule has 0 bridgehead atoms. The van der Waals surface area contributed by atoms with Crippen molar-refractivity contribution < 1.29 is 27.5 Å². The topological polar surface area (TPSA) is 86.1 Å². The van der Waals surface area contributed by atoms with Gasteiger partial charge in [0.25, 0.3) is 5.91 Å². The summed E-state index contributed by atoms with van der Waals surface area (Å²) in [5.74, 6) is -0.358. The van der Waals surface area contributed by atoms with Crippen molar-refractivity contribution in [3.63, 3.8) is 0 Å². The molecule has 0 atom stereocenters. The van der Waals surface area contributed by atoms with Crippen LogP contribution < -0.4 is 10.1 Å². The van der Waals surface area contributed by atoms with Gasteiger partial charge in [0.05, 0.1) is 24.4 Å². The van der Waals surface area contributed by atoms with Crippen LogP contribution in [0.2, 0.25) is 0 Å². The first-order chi connectivity index (χ1) is 15.3. The number of nitrogens with zero attached hydrogens (tertiary/aromatic N) is 3. The lowest BCUT2D eigenvalue weighted by molar-refractivity contribution is -0.141. The summed E-state index contributed by atoms with van der Waals surface area (Å²) in [6.07, 6.45) is 1.55. The standard InChI is InChI=1S/C22H21F3N4O3/c1-32-19-10-17-14(11-29(28-17)15-7-5-13(12-30)6-8-15)9-18(19)27-21(31)16-3-2-4-20(26-16)22(23,24)25/h2-4,9-13,15H,5-8H2,1H3,(H,27,31). The Labute approximate surface area is 181 Å². The molecule has 32 heavy (non-hydrogen) atoms. The van der Waals surface area contributed by atoms with Gasteiger partial charge in [-0.2, -0.15) is 18.3 Å². The summed E-state index contributed by atoms with van der Waals surface area (Å²) in [5.41, 5.74) is -0.536. The number of hydrogen-bond acceptors (Lipinski definition) is 5. The highest BCUT2D eigenvalue weighted by atomic mass is 19.4. The van der Waals surface area contributed by atoms with E-state index in [0.29, 0.717) is 17.0 Å². The number of benzene rings is 1. The van der Waals surface area contributed by atoms with Gasteiger partial charge >= 0.3 is 6.18 Å². The molecular weight excluding hydrogens is 425 g/mol. The van der Waals surface area contributed by atoms with Gasteiger partial charge in [0.2, 0.25) is 0 Å². The van der Waals surface area contributed by atoms with Gasteiger partial charge in [-0.3, -0.25) is 9.48 Å². The van der Waals surface area contributed by atoms with E-state index < -0.39 is 17.8 Å². The molecule has 1 amide bonds. The van der Waals surface area contributed by atoms with Crippen LogP contribution in [0, 0.1) is 5.92 Å². The van der Waals surface area contributed by atoms with Crippen molar-refractivity contribution in [1.29, 1.82) is 0 Å². The first-order valence-electron chi connectivity index (χ1n) is 10.2. The van der Waals surface area contributed by atoms with Crippen LogP contribution in [0.15, 0.2) is 36.5 Å². The number of carbonyl (C=O) groups is 2. The van der Waals surface area contributed by atoms with E-state index in [9.17, 15) is 22.8 Å². The lowest BCUT2D eigenvalue weighted by Gasteiger charge is -2.25. The molecule has 7 nitrogen and oxygen atoms in total. The molecule has 2 heterocycles. The van der Waals surface area contributed by atoms with Crippen LogP contribution >= 0.6 is 0 Å². The molecule has 0 saturated heterocycles. The average molecular weight is 446 g/mol. The summed E-state index contributed by atoms with van der Waals surface area (Å²) < 4.78 is 45.9. The molecule has 0 spiro atoms. The van der Waals surface area contributed by atoms with Gasteiger partial charge in [-0.1, -0.05) is 6.07 Å². The number of nitrogens with one attached hydrogen (secondary N) is 1. The Morgan fingerprint density at radius 1 is 1.22 bits per heavy atom. The summed E-state index contributed by atoms with van der Waals surface area (Å²) in [6.45, 7) is 0. The van der Waals surface area contributed by atoms with E-state index in [1.54, 1.807) is 12.1 Å².